The van der Waals surface area contributed by atoms with Crippen LogP contribution in [0, 0.1) is 0 Å². The van der Waals surface area contributed by atoms with E-state index in [1.54, 1.807) is 24.3 Å². The number of hydrogen-bond donors (Lipinski definition) is 1. The third-order valence-corrected chi connectivity index (χ3v) is 4.15. The molecule has 2 aromatic carbocycles. The fourth-order valence-electron chi connectivity index (χ4n) is 2.73. The molecule has 8 heteroatoms. The Morgan fingerprint density at radius 2 is 1.70 bits per heavy atom. The van der Waals surface area contributed by atoms with Crippen molar-refractivity contribution in [2.75, 3.05) is 27.4 Å². The van der Waals surface area contributed by atoms with Crippen molar-refractivity contribution in [3.8, 4) is 23.0 Å². The van der Waals surface area contributed by atoms with Crippen molar-refractivity contribution < 1.29 is 32.5 Å². The number of carbonyl (C=O) groups excluding carboxylic acids is 1. The van der Waals surface area contributed by atoms with Gasteiger partial charge in [0.2, 0.25) is 0 Å². The Kier molecular flexibility index (Phi) is 8.93. The summed E-state index contributed by atoms with van der Waals surface area (Å²) in [6.07, 6.45) is 2.91. The van der Waals surface area contributed by atoms with Crippen molar-refractivity contribution >= 4 is 5.91 Å². The molecule has 162 valence electrons. The second kappa shape index (κ2) is 11.6. The number of nitrogens with one attached hydrogen (secondary N) is 1. The van der Waals surface area contributed by atoms with Gasteiger partial charge in [-0.2, -0.15) is 8.78 Å². The Hall–Kier alpha value is -3.29. The van der Waals surface area contributed by atoms with Gasteiger partial charge in [-0.05, 0) is 48.2 Å². The van der Waals surface area contributed by atoms with Crippen LogP contribution in [0.3, 0.4) is 0 Å². The lowest BCUT2D eigenvalue weighted by atomic mass is 10.1. The average Bonchev–Trinajstić information content (AvgIpc) is 2.72. The van der Waals surface area contributed by atoms with Crippen LogP contribution in [0.2, 0.25) is 0 Å². The van der Waals surface area contributed by atoms with Crippen molar-refractivity contribution in [2.24, 2.45) is 0 Å². The van der Waals surface area contributed by atoms with Gasteiger partial charge >= 0.3 is 6.61 Å². The van der Waals surface area contributed by atoms with Crippen LogP contribution in [0.5, 0.6) is 23.0 Å². The minimum Gasteiger partial charge on any atom is -0.493 e. The monoisotopic (exact) mass is 421 g/mol. The Labute approximate surface area is 174 Å². The first-order valence-corrected chi connectivity index (χ1v) is 9.25. The number of methoxy groups -OCH3 is 2. The molecule has 0 fully saturated rings. The molecule has 0 radical (unpaired) electrons. The fraction of sp³-hybridized carbons (Fsp3) is 0.318. The van der Waals surface area contributed by atoms with Crippen molar-refractivity contribution in [3.05, 3.63) is 60.2 Å². The number of allylic oxidation sites excluding steroid dienone is 1. The van der Waals surface area contributed by atoms with Gasteiger partial charge in [0.15, 0.2) is 29.6 Å². The Morgan fingerprint density at radius 1 is 1.03 bits per heavy atom. The van der Waals surface area contributed by atoms with E-state index in [1.165, 1.54) is 20.3 Å². The summed E-state index contributed by atoms with van der Waals surface area (Å²) >= 11 is 0. The Morgan fingerprint density at radius 3 is 2.37 bits per heavy atom. The van der Waals surface area contributed by atoms with Crippen molar-refractivity contribution in [1.29, 1.82) is 0 Å². The molecule has 0 unspecified atom stereocenters. The summed E-state index contributed by atoms with van der Waals surface area (Å²) < 4.78 is 45.3. The summed E-state index contributed by atoms with van der Waals surface area (Å²) in [4.78, 5) is 12.1. The lowest BCUT2D eigenvalue weighted by Gasteiger charge is -2.13. The second-order valence-corrected chi connectivity index (χ2v) is 6.23. The van der Waals surface area contributed by atoms with Gasteiger partial charge in [0.05, 0.1) is 14.2 Å². The highest BCUT2D eigenvalue weighted by Crippen LogP contribution is 2.30. The molecule has 0 atom stereocenters. The summed E-state index contributed by atoms with van der Waals surface area (Å²) in [5.41, 5.74) is 1.74. The molecule has 0 saturated carbocycles. The van der Waals surface area contributed by atoms with E-state index in [0.29, 0.717) is 36.4 Å². The maximum atomic E-state index is 12.5. The largest absolute Gasteiger partial charge is 0.493 e. The molecule has 2 rings (SSSR count). The quantitative estimate of drug-likeness (QED) is 0.529. The number of benzene rings is 2. The molecule has 0 spiro atoms. The van der Waals surface area contributed by atoms with Gasteiger partial charge in [-0.1, -0.05) is 18.2 Å². The molecule has 0 aliphatic heterocycles. The number of alkyl halides is 2. The van der Waals surface area contributed by atoms with Crippen LogP contribution in [0.15, 0.2) is 49.1 Å². The molecule has 0 aliphatic rings. The Balaban J connectivity index is 1.85. The molecular weight excluding hydrogens is 396 g/mol. The molecule has 1 amide bonds. The number of ether oxygens (including phenoxy) is 4. The number of amides is 1. The van der Waals surface area contributed by atoms with E-state index in [-0.39, 0.29) is 24.0 Å². The molecule has 2 aromatic rings. The van der Waals surface area contributed by atoms with Crippen LogP contribution in [-0.2, 0) is 17.6 Å². The van der Waals surface area contributed by atoms with Gasteiger partial charge in [0.1, 0.15) is 0 Å². The van der Waals surface area contributed by atoms with Crippen molar-refractivity contribution in [1.82, 2.24) is 5.32 Å². The zero-order valence-electron chi connectivity index (χ0n) is 17.0. The first-order chi connectivity index (χ1) is 14.5. The first-order valence-electron chi connectivity index (χ1n) is 9.25. The van der Waals surface area contributed by atoms with Gasteiger partial charge < -0.3 is 24.3 Å². The predicted octanol–water partition coefficient (Wildman–Crippen LogP) is 3.77. The smallest absolute Gasteiger partial charge is 0.387 e. The summed E-state index contributed by atoms with van der Waals surface area (Å²) in [5.74, 6) is 0.845. The van der Waals surface area contributed by atoms with Crippen LogP contribution >= 0.6 is 0 Å². The van der Waals surface area contributed by atoms with Gasteiger partial charge in [-0.25, -0.2) is 0 Å². The molecule has 0 bridgehead atoms. The van der Waals surface area contributed by atoms with E-state index >= 15 is 0 Å². The zero-order valence-corrected chi connectivity index (χ0v) is 17.0. The maximum absolute atomic E-state index is 12.5. The summed E-state index contributed by atoms with van der Waals surface area (Å²) in [6.45, 7) is 0.871. The van der Waals surface area contributed by atoms with Crippen molar-refractivity contribution in [3.63, 3.8) is 0 Å². The third kappa shape index (κ3) is 6.95. The number of carbonyl (C=O) groups is 1. The molecular formula is C22H25F2NO5. The molecule has 0 aliphatic carbocycles. The van der Waals surface area contributed by atoms with Crippen molar-refractivity contribution in [2.45, 2.75) is 19.5 Å². The SMILES string of the molecule is C=CCc1ccc(OCC(=O)NCCc2ccc(OC)c(OC(F)F)c2)c(OC)c1. The van der Waals surface area contributed by atoms with Crippen LogP contribution in [0.4, 0.5) is 8.78 Å². The topological polar surface area (TPSA) is 66.0 Å². The standard InChI is InChI=1S/C22H25F2NO5/c1-4-5-15-7-9-18(19(12-15)28-3)29-14-21(26)25-11-10-16-6-8-17(27-2)20(13-16)30-22(23)24/h4,6-9,12-13,22H,1,5,10-11,14H2,2-3H3,(H,25,26). The molecule has 0 saturated heterocycles. The fourth-order valence-corrected chi connectivity index (χ4v) is 2.73. The first kappa shape index (κ1) is 23.0. The minimum absolute atomic E-state index is 0.0494. The second-order valence-electron chi connectivity index (χ2n) is 6.23. The van der Waals surface area contributed by atoms with Gasteiger partial charge in [0, 0.05) is 6.54 Å². The predicted molar refractivity (Wildman–Crippen MR) is 109 cm³/mol. The van der Waals surface area contributed by atoms with Gasteiger partial charge in [-0.15, -0.1) is 6.58 Å². The van der Waals surface area contributed by atoms with Gasteiger partial charge in [-0.3, -0.25) is 4.79 Å². The normalized spacial score (nSPS) is 10.4. The van der Waals surface area contributed by atoms with E-state index in [9.17, 15) is 13.6 Å². The lowest BCUT2D eigenvalue weighted by Crippen LogP contribution is -2.30. The van der Waals surface area contributed by atoms with Crippen LogP contribution in [0.25, 0.3) is 0 Å². The van der Waals surface area contributed by atoms with E-state index in [4.69, 9.17) is 14.2 Å². The van der Waals surface area contributed by atoms with E-state index < -0.39 is 6.61 Å². The average molecular weight is 421 g/mol. The molecule has 0 heterocycles. The highest BCUT2D eigenvalue weighted by atomic mass is 19.3. The summed E-state index contributed by atoms with van der Waals surface area (Å²) in [7, 11) is 2.90. The van der Waals surface area contributed by atoms with E-state index in [0.717, 1.165) is 5.56 Å². The van der Waals surface area contributed by atoms with Gasteiger partial charge in [0.25, 0.3) is 5.91 Å². The van der Waals surface area contributed by atoms with Crippen LogP contribution < -0.4 is 24.3 Å². The molecule has 6 nitrogen and oxygen atoms in total. The maximum Gasteiger partial charge on any atom is 0.387 e. The number of hydrogen-bond acceptors (Lipinski definition) is 5. The zero-order chi connectivity index (χ0) is 21.9. The molecule has 0 aromatic heterocycles. The highest BCUT2D eigenvalue weighted by molar-refractivity contribution is 5.77. The van der Waals surface area contributed by atoms with E-state index in [1.807, 2.05) is 12.1 Å². The minimum atomic E-state index is -2.95. The molecule has 30 heavy (non-hydrogen) atoms. The van der Waals surface area contributed by atoms with Crippen LogP contribution in [-0.4, -0.2) is 39.9 Å². The summed E-state index contributed by atoms with van der Waals surface area (Å²) in [5, 5.41) is 2.72. The third-order valence-electron chi connectivity index (χ3n) is 4.15. The van der Waals surface area contributed by atoms with Crippen LogP contribution in [0.1, 0.15) is 11.1 Å². The highest BCUT2D eigenvalue weighted by Gasteiger charge is 2.12. The molecule has 1 N–H and O–H groups in total. The number of halogens is 2. The van der Waals surface area contributed by atoms with E-state index in [2.05, 4.69) is 16.6 Å². The lowest BCUT2D eigenvalue weighted by molar-refractivity contribution is -0.123. The Bertz CT molecular complexity index is 857. The summed E-state index contributed by atoms with van der Waals surface area (Å²) in [6, 6.07) is 10.2. The number of rotatable bonds is 12.